The number of carbonyl (C=O) groups excluding carboxylic acids is 1. The largest absolute Gasteiger partial charge is 0.463 e. The predicted molar refractivity (Wildman–Crippen MR) is 117 cm³/mol. The molecule has 30 heavy (non-hydrogen) atoms. The summed E-state index contributed by atoms with van der Waals surface area (Å²) in [5.41, 5.74) is 2.00. The zero-order chi connectivity index (χ0) is 21.9. The number of aromatic nitrogens is 1. The summed E-state index contributed by atoms with van der Waals surface area (Å²) >= 11 is 0. The van der Waals surface area contributed by atoms with Gasteiger partial charge >= 0.3 is 5.97 Å². The van der Waals surface area contributed by atoms with Crippen molar-refractivity contribution >= 4 is 5.97 Å². The van der Waals surface area contributed by atoms with Crippen LogP contribution in [0.1, 0.15) is 51.3 Å². The molecular weight excluding hydrogens is 383 g/mol. The van der Waals surface area contributed by atoms with Crippen molar-refractivity contribution in [1.29, 1.82) is 0 Å². The summed E-state index contributed by atoms with van der Waals surface area (Å²) in [5, 5.41) is 10.4. The third-order valence-electron chi connectivity index (χ3n) is 4.93. The predicted octanol–water partition coefficient (Wildman–Crippen LogP) is 4.23. The number of nitrogens with zero attached hydrogens (tertiary/aromatic N) is 2. The lowest BCUT2D eigenvalue weighted by Crippen LogP contribution is -2.36. The van der Waals surface area contributed by atoms with Gasteiger partial charge in [0.15, 0.2) is 0 Å². The summed E-state index contributed by atoms with van der Waals surface area (Å²) < 4.78 is 20.8. The average molecular weight is 419 g/mol. The Kier molecular flexibility index (Phi) is 10.0. The molecule has 1 atom stereocenters. The van der Waals surface area contributed by atoms with Gasteiger partial charge in [0, 0.05) is 37.9 Å². The molecule has 0 aliphatic rings. The summed E-state index contributed by atoms with van der Waals surface area (Å²) in [6.45, 7) is 8.80. The molecule has 1 unspecified atom stereocenters. The van der Waals surface area contributed by atoms with E-state index in [4.69, 9.17) is 4.74 Å². The van der Waals surface area contributed by atoms with Gasteiger partial charge < -0.3 is 14.4 Å². The number of hydrogen-bond donors (Lipinski definition) is 1. The first-order valence-corrected chi connectivity index (χ1v) is 10.8. The first-order chi connectivity index (χ1) is 14.4. The summed E-state index contributed by atoms with van der Waals surface area (Å²) in [5.74, 6) is 0.0425. The van der Waals surface area contributed by atoms with Crippen LogP contribution in [-0.2, 0) is 22.6 Å². The number of esters is 1. The Labute approximate surface area is 179 Å². The first-order valence-electron chi connectivity index (χ1n) is 10.8. The van der Waals surface area contributed by atoms with Gasteiger partial charge in [0.1, 0.15) is 18.5 Å². The number of hydrogen-bond acceptors (Lipinski definition) is 4. The molecule has 1 aromatic carbocycles. The molecule has 6 heteroatoms. The molecule has 1 heterocycles. The molecule has 0 aliphatic heterocycles. The molecule has 0 saturated heterocycles. The van der Waals surface area contributed by atoms with Gasteiger partial charge in [-0.15, -0.1) is 0 Å². The fraction of sp³-hybridized carbons (Fsp3) is 0.542. The topological polar surface area (TPSA) is 54.7 Å². The zero-order valence-electron chi connectivity index (χ0n) is 18.4. The Morgan fingerprint density at radius 3 is 2.77 bits per heavy atom. The summed E-state index contributed by atoms with van der Waals surface area (Å²) in [6.07, 6.45) is 3.37. The molecular formula is C24H35FN2O3. The highest BCUT2D eigenvalue weighted by molar-refractivity contribution is 5.69. The summed E-state index contributed by atoms with van der Waals surface area (Å²) in [6, 6.07) is 10.7. The summed E-state index contributed by atoms with van der Waals surface area (Å²) in [4.78, 5) is 13.8. The van der Waals surface area contributed by atoms with E-state index in [9.17, 15) is 14.3 Å². The van der Waals surface area contributed by atoms with Crippen LogP contribution in [0.4, 0.5) is 4.39 Å². The fourth-order valence-corrected chi connectivity index (χ4v) is 3.30. The average Bonchev–Trinajstić information content (AvgIpc) is 3.11. The molecule has 1 N–H and O–H groups in total. The van der Waals surface area contributed by atoms with E-state index in [1.807, 2.05) is 25.3 Å². The minimum absolute atomic E-state index is 0.0152. The smallest absolute Gasteiger partial charge is 0.305 e. The van der Waals surface area contributed by atoms with Crippen LogP contribution in [0.2, 0.25) is 0 Å². The van der Waals surface area contributed by atoms with Crippen LogP contribution >= 0.6 is 0 Å². The molecule has 0 aliphatic carbocycles. The van der Waals surface area contributed by atoms with Crippen molar-refractivity contribution in [3.63, 3.8) is 0 Å². The van der Waals surface area contributed by atoms with Gasteiger partial charge in [-0.25, -0.2) is 4.39 Å². The van der Waals surface area contributed by atoms with Gasteiger partial charge in [-0.2, -0.15) is 0 Å². The van der Waals surface area contributed by atoms with Crippen molar-refractivity contribution in [2.45, 2.75) is 59.2 Å². The standard InChI is InChI=1S/C24H35FN2O3/c1-4-7-24(29)30-18-23(28)17-26(13-11-19(2)3)16-22-10-6-12-27(22)15-20-8-5-9-21(25)14-20/h5-6,8-10,12,14,19,23,28H,4,7,11,13,15-18H2,1-3H3. The van der Waals surface area contributed by atoms with Crippen molar-refractivity contribution in [2.24, 2.45) is 5.92 Å². The Hall–Kier alpha value is -2.18. The van der Waals surface area contributed by atoms with Gasteiger partial charge in [0.2, 0.25) is 0 Å². The number of benzene rings is 1. The van der Waals surface area contributed by atoms with E-state index in [-0.39, 0.29) is 18.4 Å². The lowest BCUT2D eigenvalue weighted by molar-refractivity contribution is -0.147. The van der Waals surface area contributed by atoms with Gasteiger partial charge in [-0.1, -0.05) is 32.9 Å². The minimum Gasteiger partial charge on any atom is -0.463 e. The second kappa shape index (κ2) is 12.5. The molecule has 5 nitrogen and oxygen atoms in total. The highest BCUT2D eigenvalue weighted by Crippen LogP contribution is 2.13. The van der Waals surface area contributed by atoms with Crippen molar-refractivity contribution in [2.75, 3.05) is 19.7 Å². The Bertz CT molecular complexity index is 775. The van der Waals surface area contributed by atoms with Crippen molar-refractivity contribution in [1.82, 2.24) is 9.47 Å². The number of halogens is 1. The number of aliphatic hydroxyl groups excluding tert-OH is 1. The van der Waals surface area contributed by atoms with Crippen LogP contribution in [0, 0.1) is 11.7 Å². The number of carbonyl (C=O) groups is 1. The molecule has 0 bridgehead atoms. The molecule has 2 aromatic rings. The minimum atomic E-state index is -0.732. The maximum atomic E-state index is 13.5. The first kappa shape index (κ1) is 24.1. The quantitative estimate of drug-likeness (QED) is 0.495. The maximum Gasteiger partial charge on any atom is 0.305 e. The Balaban J connectivity index is 2.00. The number of ether oxygens (including phenoxy) is 1. The molecule has 0 fully saturated rings. The Morgan fingerprint density at radius 2 is 2.07 bits per heavy atom. The van der Waals surface area contributed by atoms with Gasteiger partial charge in [-0.05, 0) is 55.1 Å². The van der Waals surface area contributed by atoms with Crippen LogP contribution in [-0.4, -0.2) is 46.3 Å². The summed E-state index contributed by atoms with van der Waals surface area (Å²) in [7, 11) is 0. The SMILES string of the molecule is CCCC(=O)OCC(O)CN(CCC(C)C)Cc1cccn1Cc1cccc(F)c1. The Morgan fingerprint density at radius 1 is 1.27 bits per heavy atom. The van der Waals surface area contributed by atoms with Crippen LogP contribution in [0.25, 0.3) is 0 Å². The van der Waals surface area contributed by atoms with E-state index < -0.39 is 6.10 Å². The van der Waals surface area contributed by atoms with Gasteiger partial charge in [-0.3, -0.25) is 9.69 Å². The van der Waals surface area contributed by atoms with Crippen LogP contribution in [0.5, 0.6) is 0 Å². The number of aliphatic hydroxyl groups is 1. The van der Waals surface area contributed by atoms with Crippen LogP contribution in [0.3, 0.4) is 0 Å². The van der Waals surface area contributed by atoms with Crippen molar-refractivity contribution in [3.8, 4) is 0 Å². The molecule has 0 spiro atoms. The molecule has 0 saturated carbocycles. The van der Waals surface area contributed by atoms with Crippen molar-refractivity contribution in [3.05, 3.63) is 59.7 Å². The van der Waals surface area contributed by atoms with Crippen LogP contribution < -0.4 is 0 Å². The van der Waals surface area contributed by atoms with E-state index >= 15 is 0 Å². The lowest BCUT2D eigenvalue weighted by Gasteiger charge is -2.26. The van der Waals surface area contributed by atoms with Crippen LogP contribution in [0.15, 0.2) is 42.6 Å². The third-order valence-corrected chi connectivity index (χ3v) is 4.93. The highest BCUT2D eigenvalue weighted by atomic mass is 19.1. The van der Waals surface area contributed by atoms with E-state index in [1.165, 1.54) is 6.07 Å². The monoisotopic (exact) mass is 418 g/mol. The molecule has 1 aromatic heterocycles. The molecule has 0 amide bonds. The molecule has 0 radical (unpaired) electrons. The van der Waals surface area contributed by atoms with E-state index in [0.29, 0.717) is 32.0 Å². The maximum absolute atomic E-state index is 13.5. The van der Waals surface area contributed by atoms with E-state index in [2.05, 4.69) is 29.4 Å². The third kappa shape index (κ3) is 8.67. The molecule has 166 valence electrons. The van der Waals surface area contributed by atoms with Gasteiger partial charge in [0.05, 0.1) is 0 Å². The normalized spacial score (nSPS) is 12.5. The van der Waals surface area contributed by atoms with E-state index in [1.54, 1.807) is 12.1 Å². The van der Waals surface area contributed by atoms with Crippen molar-refractivity contribution < 1.29 is 19.0 Å². The second-order valence-corrected chi connectivity index (χ2v) is 8.26. The number of rotatable bonds is 13. The fourth-order valence-electron chi connectivity index (χ4n) is 3.30. The van der Waals surface area contributed by atoms with E-state index in [0.717, 1.165) is 30.6 Å². The van der Waals surface area contributed by atoms with Gasteiger partial charge in [0.25, 0.3) is 0 Å². The zero-order valence-corrected chi connectivity index (χ0v) is 18.4. The second-order valence-electron chi connectivity index (χ2n) is 8.26. The lowest BCUT2D eigenvalue weighted by atomic mass is 10.1. The molecule has 2 rings (SSSR count). The highest BCUT2D eigenvalue weighted by Gasteiger charge is 2.16.